The summed E-state index contributed by atoms with van der Waals surface area (Å²) in [6.07, 6.45) is 1.65. The van der Waals surface area contributed by atoms with Crippen molar-refractivity contribution in [2.24, 2.45) is 0 Å². The molecule has 0 saturated heterocycles. The van der Waals surface area contributed by atoms with Crippen LogP contribution in [0, 0.1) is 6.92 Å². The molecule has 3 aromatic rings. The smallest absolute Gasteiger partial charge is 0.231 e. The van der Waals surface area contributed by atoms with Crippen LogP contribution >= 0.6 is 34.8 Å². The molecule has 29 heavy (non-hydrogen) atoms. The highest BCUT2D eigenvalue weighted by atomic mass is 35.5. The van der Waals surface area contributed by atoms with Crippen molar-refractivity contribution in [3.8, 4) is 11.5 Å². The van der Waals surface area contributed by atoms with Gasteiger partial charge in [-0.05, 0) is 48.9 Å². The van der Waals surface area contributed by atoms with Crippen molar-refractivity contribution < 1.29 is 14.3 Å². The molecule has 0 N–H and O–H groups in total. The number of carbonyl (C=O) groups is 1. The number of Topliss-reactive ketones (excluding diaryl/α,β-unsaturated/α-hetero) is 1. The molecule has 0 unspecified atom stereocenters. The number of allylic oxidation sites excluding steroid dienone is 1. The van der Waals surface area contributed by atoms with Gasteiger partial charge in [-0.1, -0.05) is 59.1 Å². The first-order valence-electron chi connectivity index (χ1n) is 8.84. The topological polar surface area (TPSA) is 35.5 Å². The number of ketones is 1. The molecule has 0 amide bonds. The number of hydrogen-bond acceptors (Lipinski definition) is 3. The summed E-state index contributed by atoms with van der Waals surface area (Å²) in [6.45, 7) is 2.04. The minimum atomic E-state index is -0.191. The summed E-state index contributed by atoms with van der Waals surface area (Å²) in [6, 6.07) is 16.0. The van der Waals surface area contributed by atoms with Gasteiger partial charge < -0.3 is 9.47 Å². The molecule has 1 aliphatic heterocycles. The molecule has 1 aliphatic rings. The average Bonchev–Trinajstić information content (AvgIpc) is 3.01. The molecule has 3 aromatic carbocycles. The predicted octanol–water partition coefficient (Wildman–Crippen LogP) is 7.15. The van der Waals surface area contributed by atoms with Crippen molar-refractivity contribution in [1.82, 2.24) is 0 Å². The van der Waals surface area contributed by atoms with Crippen molar-refractivity contribution in [3.05, 3.63) is 97.7 Å². The Morgan fingerprint density at radius 3 is 2.34 bits per heavy atom. The third kappa shape index (κ3) is 3.86. The summed E-state index contributed by atoms with van der Waals surface area (Å²) >= 11 is 18.6. The van der Waals surface area contributed by atoms with E-state index >= 15 is 0 Å². The zero-order chi connectivity index (χ0) is 20.5. The fourth-order valence-corrected chi connectivity index (χ4v) is 3.77. The maximum Gasteiger partial charge on any atom is 0.231 e. The maximum atomic E-state index is 12.7. The van der Waals surface area contributed by atoms with Crippen molar-refractivity contribution in [2.45, 2.75) is 13.5 Å². The summed E-state index contributed by atoms with van der Waals surface area (Å²) in [5.74, 6) is 1.11. The van der Waals surface area contributed by atoms with Gasteiger partial charge in [0.2, 0.25) is 5.78 Å². The van der Waals surface area contributed by atoms with Crippen LogP contribution in [0.2, 0.25) is 15.1 Å². The Hall–Kier alpha value is -2.46. The Morgan fingerprint density at radius 2 is 1.62 bits per heavy atom. The molecule has 0 aliphatic carbocycles. The van der Waals surface area contributed by atoms with Gasteiger partial charge in [0.25, 0.3) is 0 Å². The van der Waals surface area contributed by atoms with Crippen LogP contribution in [0.1, 0.15) is 27.0 Å². The zero-order valence-electron chi connectivity index (χ0n) is 15.3. The van der Waals surface area contributed by atoms with E-state index in [1.165, 1.54) is 0 Å². The van der Waals surface area contributed by atoms with Crippen LogP contribution in [0.25, 0.3) is 6.08 Å². The molecule has 146 valence electrons. The fraction of sp³-hybridized carbons (Fsp3) is 0.0870. The molecular formula is C23H15Cl3O3. The first kappa shape index (κ1) is 19.8. The summed E-state index contributed by atoms with van der Waals surface area (Å²) in [5.41, 5.74) is 2.63. The van der Waals surface area contributed by atoms with Crippen molar-refractivity contribution in [3.63, 3.8) is 0 Å². The number of ether oxygens (including phenoxy) is 2. The molecule has 0 saturated carbocycles. The van der Waals surface area contributed by atoms with Crippen LogP contribution in [0.15, 0.2) is 60.4 Å². The van der Waals surface area contributed by atoms with Crippen LogP contribution in [-0.4, -0.2) is 5.78 Å². The predicted molar refractivity (Wildman–Crippen MR) is 116 cm³/mol. The second-order valence-electron chi connectivity index (χ2n) is 6.52. The highest BCUT2D eigenvalue weighted by Gasteiger charge is 2.30. The molecule has 0 aromatic heterocycles. The summed E-state index contributed by atoms with van der Waals surface area (Å²) < 4.78 is 11.8. The Bertz CT molecular complexity index is 1130. The molecule has 0 atom stereocenters. The van der Waals surface area contributed by atoms with Crippen LogP contribution in [0.3, 0.4) is 0 Å². The molecule has 0 radical (unpaired) electrons. The molecule has 6 heteroatoms. The van der Waals surface area contributed by atoms with E-state index in [0.717, 1.165) is 5.56 Å². The standard InChI is InChI=1S/C23H15Cl3O3/c1-13-20(28-12-16-18(25)7-4-8-19(16)26)10-9-15-22(27)21(29-23(13)15)11-14-5-2-3-6-17(14)24/h2-11H,12H2,1H3/b21-11-. The molecule has 0 bridgehead atoms. The van der Waals surface area contributed by atoms with Gasteiger partial charge in [-0.15, -0.1) is 0 Å². The first-order chi connectivity index (χ1) is 14.0. The van der Waals surface area contributed by atoms with E-state index in [4.69, 9.17) is 44.3 Å². The van der Waals surface area contributed by atoms with Crippen molar-refractivity contribution in [1.29, 1.82) is 0 Å². The van der Waals surface area contributed by atoms with Gasteiger partial charge in [-0.2, -0.15) is 0 Å². The van der Waals surface area contributed by atoms with Crippen molar-refractivity contribution in [2.75, 3.05) is 0 Å². The van der Waals surface area contributed by atoms with Gasteiger partial charge in [0.1, 0.15) is 18.1 Å². The number of carbonyl (C=O) groups excluding carboxylic acids is 1. The Morgan fingerprint density at radius 1 is 0.931 bits per heavy atom. The molecule has 0 spiro atoms. The van der Waals surface area contributed by atoms with Gasteiger partial charge in [0, 0.05) is 26.2 Å². The second-order valence-corrected chi connectivity index (χ2v) is 7.74. The maximum absolute atomic E-state index is 12.7. The largest absolute Gasteiger partial charge is 0.488 e. The van der Waals surface area contributed by atoms with Gasteiger partial charge >= 0.3 is 0 Å². The van der Waals surface area contributed by atoms with Crippen LogP contribution in [0.4, 0.5) is 0 Å². The average molecular weight is 446 g/mol. The number of benzene rings is 3. The Labute approximate surface area is 183 Å². The monoisotopic (exact) mass is 444 g/mol. The highest BCUT2D eigenvalue weighted by molar-refractivity contribution is 6.36. The van der Waals surface area contributed by atoms with E-state index in [0.29, 0.717) is 43.3 Å². The third-order valence-corrected chi connectivity index (χ3v) is 5.71. The van der Waals surface area contributed by atoms with E-state index < -0.39 is 0 Å². The minimum Gasteiger partial charge on any atom is -0.488 e. The number of halogens is 3. The second kappa shape index (κ2) is 8.11. The van der Waals surface area contributed by atoms with Crippen LogP contribution < -0.4 is 9.47 Å². The SMILES string of the molecule is Cc1c(OCc2c(Cl)cccc2Cl)ccc2c1O/C(=C\c1ccccc1Cl)C2=O. The van der Waals surface area contributed by atoms with Gasteiger partial charge in [0.15, 0.2) is 5.76 Å². The quantitative estimate of drug-likeness (QED) is 0.400. The highest BCUT2D eigenvalue weighted by Crippen LogP contribution is 2.40. The van der Waals surface area contributed by atoms with E-state index in [2.05, 4.69) is 0 Å². The number of fused-ring (bicyclic) bond motifs is 1. The molecule has 1 heterocycles. The van der Waals surface area contributed by atoms with E-state index in [-0.39, 0.29) is 18.1 Å². The summed E-state index contributed by atoms with van der Waals surface area (Å²) in [5, 5.41) is 1.62. The molecule has 4 rings (SSSR count). The summed E-state index contributed by atoms with van der Waals surface area (Å²) in [7, 11) is 0. The van der Waals surface area contributed by atoms with E-state index in [1.54, 1.807) is 42.5 Å². The Kier molecular flexibility index (Phi) is 5.55. The first-order valence-corrected chi connectivity index (χ1v) is 9.97. The normalized spacial score (nSPS) is 14.1. The lowest BCUT2D eigenvalue weighted by molar-refractivity contribution is 0.101. The van der Waals surface area contributed by atoms with Crippen LogP contribution in [-0.2, 0) is 6.61 Å². The van der Waals surface area contributed by atoms with Gasteiger partial charge in [-0.3, -0.25) is 4.79 Å². The summed E-state index contributed by atoms with van der Waals surface area (Å²) in [4.78, 5) is 12.7. The number of hydrogen-bond donors (Lipinski definition) is 0. The molecular weight excluding hydrogens is 431 g/mol. The molecule has 0 fully saturated rings. The third-order valence-electron chi connectivity index (χ3n) is 4.66. The lowest BCUT2D eigenvalue weighted by Gasteiger charge is -2.13. The lowest BCUT2D eigenvalue weighted by atomic mass is 10.1. The van der Waals surface area contributed by atoms with Crippen LogP contribution in [0.5, 0.6) is 11.5 Å². The Balaban J connectivity index is 1.61. The van der Waals surface area contributed by atoms with E-state index in [1.807, 2.05) is 25.1 Å². The van der Waals surface area contributed by atoms with Gasteiger partial charge in [0.05, 0.1) is 5.56 Å². The molecule has 3 nitrogen and oxygen atoms in total. The minimum absolute atomic E-state index is 0.191. The van der Waals surface area contributed by atoms with Gasteiger partial charge in [-0.25, -0.2) is 0 Å². The lowest BCUT2D eigenvalue weighted by Crippen LogP contribution is -2.00. The van der Waals surface area contributed by atoms with Crippen molar-refractivity contribution >= 4 is 46.7 Å². The van der Waals surface area contributed by atoms with E-state index in [9.17, 15) is 4.79 Å². The number of rotatable bonds is 4. The zero-order valence-corrected chi connectivity index (χ0v) is 17.6. The fourth-order valence-electron chi connectivity index (χ4n) is 3.08.